The molecule has 2 amide bonds. The highest BCUT2D eigenvalue weighted by Crippen LogP contribution is 2.59. The van der Waals surface area contributed by atoms with Crippen molar-refractivity contribution in [1.82, 2.24) is 4.98 Å². The molecule has 1 saturated heterocycles. The molecule has 1 aromatic heterocycles. The van der Waals surface area contributed by atoms with Crippen LogP contribution in [0, 0.1) is 34.8 Å². The lowest BCUT2D eigenvalue weighted by atomic mass is 9.54. The zero-order valence-corrected chi connectivity index (χ0v) is 18.9. The zero-order valence-electron chi connectivity index (χ0n) is 18.1. The number of hydrogen-bond donors (Lipinski definition) is 2. The number of aromatic nitrogens is 1. The Morgan fingerprint density at radius 1 is 1.25 bits per heavy atom. The summed E-state index contributed by atoms with van der Waals surface area (Å²) in [6.07, 6.45) is 2.72. The van der Waals surface area contributed by atoms with Gasteiger partial charge in [-0.25, -0.2) is 18.6 Å². The van der Waals surface area contributed by atoms with E-state index < -0.39 is 17.7 Å². The average Bonchev–Trinajstić information content (AvgIpc) is 3.23. The number of ether oxygens (including phenoxy) is 1. The summed E-state index contributed by atoms with van der Waals surface area (Å²) in [5.41, 5.74) is 0.818. The molecule has 2 heterocycles. The fraction of sp³-hybridized carbons (Fsp3) is 0.522. The van der Waals surface area contributed by atoms with Crippen molar-refractivity contribution in [1.29, 1.82) is 0 Å². The van der Waals surface area contributed by atoms with Gasteiger partial charge >= 0.3 is 12.0 Å². The first-order chi connectivity index (χ1) is 15.2. The minimum atomic E-state index is -0.848. The van der Waals surface area contributed by atoms with Gasteiger partial charge < -0.3 is 10.1 Å². The van der Waals surface area contributed by atoms with Crippen LogP contribution in [-0.2, 0) is 16.0 Å². The van der Waals surface area contributed by atoms with Gasteiger partial charge in [-0.3, -0.25) is 10.1 Å². The van der Waals surface area contributed by atoms with E-state index in [1.54, 1.807) is 0 Å². The number of anilines is 2. The van der Waals surface area contributed by atoms with Gasteiger partial charge in [-0.2, -0.15) is 0 Å². The normalized spacial score (nSPS) is 33.0. The van der Waals surface area contributed by atoms with Gasteiger partial charge in [0.1, 0.15) is 17.7 Å². The number of urea groups is 1. The third-order valence-corrected chi connectivity index (χ3v) is 8.54. The van der Waals surface area contributed by atoms with E-state index in [0.717, 1.165) is 35.9 Å². The second-order valence-corrected chi connectivity index (χ2v) is 10.7. The number of benzene rings is 1. The summed E-state index contributed by atoms with van der Waals surface area (Å²) in [6.45, 7) is 6.35. The van der Waals surface area contributed by atoms with Gasteiger partial charge in [0.25, 0.3) is 0 Å². The number of rotatable bonds is 2. The Hall–Kier alpha value is -2.55. The van der Waals surface area contributed by atoms with Crippen LogP contribution in [0.3, 0.4) is 0 Å². The van der Waals surface area contributed by atoms with E-state index >= 15 is 0 Å². The number of nitrogens with zero attached hydrogens (tertiary/aromatic N) is 1. The summed E-state index contributed by atoms with van der Waals surface area (Å²) in [6, 6.07) is 2.32. The number of thiazole rings is 1. The van der Waals surface area contributed by atoms with E-state index in [9.17, 15) is 18.4 Å². The number of hydrogen-bond acceptors (Lipinski definition) is 5. The number of carbonyl (C=O) groups excluding carboxylic acids is 2. The smallest absolute Gasteiger partial charge is 0.325 e. The molecular formula is C23H25F2N3O3S. The van der Waals surface area contributed by atoms with E-state index in [-0.39, 0.29) is 46.8 Å². The molecule has 1 aromatic carbocycles. The number of halogens is 2. The van der Waals surface area contributed by atoms with Crippen LogP contribution < -0.4 is 10.6 Å². The van der Waals surface area contributed by atoms with Gasteiger partial charge in [0, 0.05) is 28.7 Å². The average molecular weight is 462 g/mol. The van der Waals surface area contributed by atoms with Crippen molar-refractivity contribution in [2.75, 3.05) is 10.6 Å². The van der Waals surface area contributed by atoms with Crippen molar-refractivity contribution in [3.05, 3.63) is 40.4 Å². The first-order valence-corrected chi connectivity index (χ1v) is 11.7. The monoisotopic (exact) mass is 461 g/mol. The quantitative estimate of drug-likeness (QED) is 0.594. The summed E-state index contributed by atoms with van der Waals surface area (Å²) in [5, 5.41) is 5.50. The maximum absolute atomic E-state index is 13.8. The lowest BCUT2D eigenvalue weighted by Crippen LogP contribution is -2.50. The predicted octanol–water partition coefficient (Wildman–Crippen LogP) is 5.32. The molecule has 2 N–H and O–H groups in total. The Bertz CT molecular complexity index is 1110. The van der Waals surface area contributed by atoms with Crippen LogP contribution in [0.2, 0.25) is 0 Å². The summed E-state index contributed by atoms with van der Waals surface area (Å²) in [7, 11) is 0. The van der Waals surface area contributed by atoms with Crippen LogP contribution >= 0.6 is 11.3 Å². The summed E-state index contributed by atoms with van der Waals surface area (Å²) >= 11 is 1.42. The van der Waals surface area contributed by atoms with Crippen molar-refractivity contribution in [3.8, 4) is 0 Å². The minimum absolute atomic E-state index is 0.00122. The molecule has 3 aliphatic rings. The molecule has 32 heavy (non-hydrogen) atoms. The summed E-state index contributed by atoms with van der Waals surface area (Å²) in [4.78, 5) is 30.4. The molecule has 6 unspecified atom stereocenters. The van der Waals surface area contributed by atoms with Gasteiger partial charge in [-0.15, -0.1) is 11.3 Å². The van der Waals surface area contributed by atoms with Crippen molar-refractivity contribution in [2.24, 2.45) is 23.2 Å². The topological polar surface area (TPSA) is 80.3 Å². The lowest BCUT2D eigenvalue weighted by molar-refractivity contribution is -0.149. The summed E-state index contributed by atoms with van der Waals surface area (Å²) < 4.78 is 32.8. The number of fused-ring (bicyclic) bond motifs is 4. The number of esters is 1. The molecule has 9 heteroatoms. The first kappa shape index (κ1) is 21.3. The molecule has 0 radical (unpaired) electrons. The van der Waals surface area contributed by atoms with Crippen LogP contribution in [-0.4, -0.2) is 23.1 Å². The Morgan fingerprint density at radius 2 is 2.03 bits per heavy atom. The third kappa shape index (κ3) is 3.37. The second-order valence-electron chi connectivity index (χ2n) is 9.57. The van der Waals surface area contributed by atoms with Gasteiger partial charge in [0.05, 0.1) is 17.3 Å². The van der Waals surface area contributed by atoms with E-state index in [4.69, 9.17) is 4.74 Å². The maximum Gasteiger partial charge on any atom is 0.325 e. The fourth-order valence-corrected chi connectivity index (χ4v) is 7.23. The molecule has 170 valence electrons. The predicted molar refractivity (Wildman–Crippen MR) is 117 cm³/mol. The highest BCUT2D eigenvalue weighted by Gasteiger charge is 2.58. The van der Waals surface area contributed by atoms with E-state index in [0.29, 0.717) is 11.2 Å². The fourth-order valence-electron chi connectivity index (χ4n) is 5.97. The Balaban J connectivity index is 1.36. The number of amides is 2. The molecular weight excluding hydrogens is 436 g/mol. The standard InChI is InChI=1S/C23H25F2N3O3S/c1-10-13-6-7-23(3)9-16-18(11(2)17(23)19(13)31-20(10)29)27-22(32-16)28-21(30)26-15-5-4-12(24)8-14(15)25/h4-5,8,10-11,13,17,19H,6-7,9H2,1-3H3,(H2,26,27,28,30). The SMILES string of the molecule is CC1C(=O)OC2C1CCC1(C)Cc3sc(NC(=O)Nc4ccc(F)cc4F)nc3C(C)C21. The molecule has 1 saturated carbocycles. The number of nitrogens with one attached hydrogen (secondary N) is 2. The van der Waals surface area contributed by atoms with Crippen LogP contribution in [0.5, 0.6) is 0 Å². The zero-order chi connectivity index (χ0) is 22.8. The Kier molecular flexibility index (Phi) is 5.00. The van der Waals surface area contributed by atoms with Crippen LogP contribution in [0.4, 0.5) is 24.4 Å². The van der Waals surface area contributed by atoms with E-state index in [1.165, 1.54) is 17.4 Å². The third-order valence-electron chi connectivity index (χ3n) is 7.56. The first-order valence-electron chi connectivity index (χ1n) is 10.9. The number of carbonyl (C=O) groups is 2. The van der Waals surface area contributed by atoms with Crippen molar-refractivity contribution >= 4 is 34.2 Å². The van der Waals surface area contributed by atoms with Gasteiger partial charge in [0.15, 0.2) is 5.13 Å². The van der Waals surface area contributed by atoms with Gasteiger partial charge in [0.2, 0.25) is 0 Å². The van der Waals surface area contributed by atoms with Crippen LogP contribution in [0.15, 0.2) is 18.2 Å². The van der Waals surface area contributed by atoms with Crippen molar-refractivity contribution < 1.29 is 23.1 Å². The van der Waals surface area contributed by atoms with E-state index in [1.807, 2.05) is 6.92 Å². The van der Waals surface area contributed by atoms with Gasteiger partial charge in [-0.1, -0.05) is 20.8 Å². The minimum Gasteiger partial charge on any atom is -0.461 e. The molecule has 0 spiro atoms. The largest absolute Gasteiger partial charge is 0.461 e. The highest BCUT2D eigenvalue weighted by molar-refractivity contribution is 7.15. The van der Waals surface area contributed by atoms with Crippen LogP contribution in [0.1, 0.15) is 50.1 Å². The Morgan fingerprint density at radius 3 is 2.78 bits per heavy atom. The van der Waals surface area contributed by atoms with Crippen molar-refractivity contribution in [3.63, 3.8) is 0 Å². The molecule has 1 aliphatic heterocycles. The highest BCUT2D eigenvalue weighted by atomic mass is 32.1. The summed E-state index contributed by atoms with van der Waals surface area (Å²) in [5.74, 6) is -1.22. The van der Waals surface area contributed by atoms with Crippen molar-refractivity contribution in [2.45, 2.75) is 52.1 Å². The Labute approximate surface area is 188 Å². The second kappa shape index (κ2) is 7.50. The molecule has 2 fully saturated rings. The lowest BCUT2D eigenvalue weighted by Gasteiger charge is -2.51. The maximum atomic E-state index is 13.8. The molecule has 2 aromatic rings. The van der Waals surface area contributed by atoms with E-state index in [2.05, 4.69) is 29.5 Å². The molecule has 2 aliphatic carbocycles. The molecule has 6 atom stereocenters. The molecule has 6 nitrogen and oxygen atoms in total. The molecule has 0 bridgehead atoms. The molecule has 5 rings (SSSR count). The van der Waals surface area contributed by atoms with Crippen LogP contribution in [0.25, 0.3) is 0 Å². The van der Waals surface area contributed by atoms with Gasteiger partial charge in [-0.05, 0) is 36.8 Å².